The molecule has 1 saturated heterocycles. The summed E-state index contributed by atoms with van der Waals surface area (Å²) in [6.07, 6.45) is 6.08. The fourth-order valence-electron chi connectivity index (χ4n) is 6.31. The van der Waals surface area contributed by atoms with Crippen LogP contribution in [0.15, 0.2) is 120 Å². The van der Waals surface area contributed by atoms with E-state index in [4.69, 9.17) is 42.1 Å². The lowest BCUT2D eigenvalue weighted by Gasteiger charge is -2.32. The molecule has 1 fully saturated rings. The number of piperidine rings is 1. The maximum Gasteiger partial charge on any atom is 0.351 e. The Morgan fingerprint density at radius 1 is 0.625 bits per heavy atom. The van der Waals surface area contributed by atoms with Crippen LogP contribution >= 0.6 is 0 Å². The van der Waals surface area contributed by atoms with E-state index in [1.165, 1.54) is 12.8 Å². The molecular weight excluding hydrogens is 711 g/mol. The van der Waals surface area contributed by atoms with E-state index in [0.29, 0.717) is 43.1 Å². The van der Waals surface area contributed by atoms with Gasteiger partial charge in [-0.2, -0.15) is 0 Å². The number of carbonyl (C=O) groups excluding carboxylic acids is 2. The zero-order valence-corrected chi connectivity index (χ0v) is 31.7. The van der Waals surface area contributed by atoms with Crippen molar-refractivity contribution in [2.45, 2.75) is 57.0 Å². The average Bonchev–Trinajstić information content (AvgIpc) is 3.23. The Morgan fingerprint density at radius 3 is 1.50 bits per heavy atom. The van der Waals surface area contributed by atoms with Gasteiger partial charge in [0.05, 0.1) is 13.2 Å². The summed E-state index contributed by atoms with van der Waals surface area (Å²) >= 11 is 0. The van der Waals surface area contributed by atoms with E-state index >= 15 is 0 Å². The second kappa shape index (κ2) is 22.0. The highest BCUT2D eigenvalue weighted by Crippen LogP contribution is 2.23. The number of nitrogens with two attached hydrogens (primary N) is 4. The first-order valence-electron chi connectivity index (χ1n) is 19.1. The molecule has 4 aromatic rings. The number of hydrogen-bond acceptors (Lipinski definition) is 11. The number of amidine groups is 2. The first kappa shape index (κ1) is 41.4. The Morgan fingerprint density at radius 2 is 1.05 bits per heavy atom. The van der Waals surface area contributed by atoms with Crippen molar-refractivity contribution in [3.63, 3.8) is 0 Å². The van der Waals surface area contributed by atoms with Crippen LogP contribution in [0.2, 0.25) is 0 Å². The fraction of sp³-hybridized carbons (Fsp3) is 0.349. The molecule has 0 amide bonds. The molecule has 0 radical (unpaired) electrons. The number of oxime groups is 2. The number of benzene rings is 4. The lowest BCUT2D eigenvalue weighted by atomic mass is 9.92. The molecule has 1 aliphatic heterocycles. The van der Waals surface area contributed by atoms with Crippen LogP contribution in [0.25, 0.3) is 0 Å². The third-order valence-electron chi connectivity index (χ3n) is 9.59. The van der Waals surface area contributed by atoms with Gasteiger partial charge in [-0.3, -0.25) is 0 Å². The van der Waals surface area contributed by atoms with Crippen LogP contribution in [0.5, 0.6) is 11.5 Å². The molecular formula is C43H53N7O6. The van der Waals surface area contributed by atoms with Crippen molar-refractivity contribution >= 4 is 23.6 Å². The van der Waals surface area contributed by atoms with E-state index in [0.717, 1.165) is 61.5 Å². The molecule has 0 bridgehead atoms. The molecule has 1 heterocycles. The topological polar surface area (TPSA) is 203 Å². The molecule has 0 saturated carbocycles. The highest BCUT2D eigenvalue weighted by atomic mass is 16.7. The second-order valence-corrected chi connectivity index (χ2v) is 13.9. The van der Waals surface area contributed by atoms with E-state index in [9.17, 15) is 9.59 Å². The van der Waals surface area contributed by atoms with E-state index in [1.54, 1.807) is 24.3 Å². The van der Waals surface area contributed by atoms with Crippen LogP contribution < -0.4 is 32.4 Å². The van der Waals surface area contributed by atoms with Crippen molar-refractivity contribution in [3.05, 3.63) is 131 Å². The van der Waals surface area contributed by atoms with Gasteiger partial charge in [0.15, 0.2) is 11.7 Å². The van der Waals surface area contributed by atoms with Crippen LogP contribution in [-0.2, 0) is 32.1 Å². The standard InChI is InChI=1S/C43H53N7O6/c44-38(29-32-9-3-1-4-10-32)42(51)55-48-40(46)34-14-18-36(19-15-34)53-27-7-13-31-22-25-50(26-23-31)24-8-28-54-37-20-16-35(17-21-37)41(47)49-56-43(52)39(45)30-33-11-5-2-6-12-33/h1-6,9-12,14-21,31,38-39H,7-8,13,22-30,44-45H2,(H2,46,48)(H2,47,49)/t38-,39-/m0/s1. The van der Waals surface area contributed by atoms with Crippen LogP contribution in [0.4, 0.5) is 0 Å². The van der Waals surface area contributed by atoms with Gasteiger partial charge in [-0.05, 0) is 124 Å². The first-order valence-corrected chi connectivity index (χ1v) is 19.1. The highest BCUT2D eigenvalue weighted by Gasteiger charge is 2.20. The molecule has 0 aliphatic carbocycles. The molecule has 4 aromatic carbocycles. The van der Waals surface area contributed by atoms with E-state index in [2.05, 4.69) is 15.2 Å². The summed E-state index contributed by atoms with van der Waals surface area (Å²) in [4.78, 5) is 37.0. The van der Waals surface area contributed by atoms with Gasteiger partial charge in [0.1, 0.15) is 23.6 Å². The second-order valence-electron chi connectivity index (χ2n) is 13.9. The number of nitrogens with zero attached hydrogens (tertiary/aromatic N) is 3. The minimum atomic E-state index is -0.840. The summed E-state index contributed by atoms with van der Waals surface area (Å²) in [5.74, 6) is 1.04. The number of rotatable bonds is 20. The van der Waals surface area contributed by atoms with Gasteiger partial charge in [-0.1, -0.05) is 71.0 Å². The van der Waals surface area contributed by atoms with Gasteiger partial charge >= 0.3 is 11.9 Å². The van der Waals surface area contributed by atoms with Gasteiger partial charge in [-0.15, -0.1) is 0 Å². The Hall–Kier alpha value is -5.76. The molecule has 0 unspecified atom stereocenters. The zero-order chi connectivity index (χ0) is 39.5. The van der Waals surface area contributed by atoms with Crippen LogP contribution in [-0.4, -0.2) is 73.4 Å². The summed E-state index contributed by atoms with van der Waals surface area (Å²) in [6, 6.07) is 31.7. The summed E-state index contributed by atoms with van der Waals surface area (Å²) < 4.78 is 11.9. The Kier molecular flexibility index (Phi) is 16.2. The van der Waals surface area contributed by atoms with Gasteiger partial charge < -0.3 is 47.0 Å². The third-order valence-corrected chi connectivity index (χ3v) is 9.59. The Labute approximate surface area is 328 Å². The molecule has 13 nitrogen and oxygen atoms in total. The summed E-state index contributed by atoms with van der Waals surface area (Å²) in [5.41, 5.74) is 27.1. The molecule has 0 spiro atoms. The molecule has 1 aliphatic rings. The smallest absolute Gasteiger partial charge is 0.351 e. The van der Waals surface area contributed by atoms with Crippen molar-refractivity contribution < 1.29 is 28.7 Å². The van der Waals surface area contributed by atoms with Gasteiger partial charge in [0.25, 0.3) is 0 Å². The normalized spacial score (nSPS) is 15.1. The average molecular weight is 764 g/mol. The number of likely N-dealkylation sites (tertiary alicyclic amines) is 1. The van der Waals surface area contributed by atoms with Gasteiger partial charge in [-0.25, -0.2) is 9.59 Å². The monoisotopic (exact) mass is 763 g/mol. The Balaban J connectivity index is 0.898. The van der Waals surface area contributed by atoms with Gasteiger partial charge in [0, 0.05) is 17.7 Å². The molecule has 2 atom stereocenters. The largest absolute Gasteiger partial charge is 0.494 e. The van der Waals surface area contributed by atoms with Crippen molar-refractivity contribution in [3.8, 4) is 11.5 Å². The summed E-state index contributed by atoms with van der Waals surface area (Å²) in [6.45, 7) is 4.39. The van der Waals surface area contributed by atoms with Crippen molar-refractivity contribution in [2.24, 2.45) is 39.2 Å². The lowest BCUT2D eigenvalue weighted by Crippen LogP contribution is -2.35. The molecule has 56 heavy (non-hydrogen) atoms. The number of hydrogen-bond donors (Lipinski definition) is 4. The van der Waals surface area contributed by atoms with Crippen molar-refractivity contribution in [1.82, 2.24) is 4.90 Å². The predicted molar refractivity (Wildman–Crippen MR) is 217 cm³/mol. The van der Waals surface area contributed by atoms with Crippen LogP contribution in [0, 0.1) is 5.92 Å². The fourth-order valence-corrected chi connectivity index (χ4v) is 6.31. The van der Waals surface area contributed by atoms with Crippen LogP contribution in [0.1, 0.15) is 54.4 Å². The lowest BCUT2D eigenvalue weighted by molar-refractivity contribution is -0.146. The predicted octanol–water partition coefficient (Wildman–Crippen LogP) is 4.49. The summed E-state index contributed by atoms with van der Waals surface area (Å²) in [5, 5.41) is 7.55. The van der Waals surface area contributed by atoms with Crippen molar-refractivity contribution in [1.29, 1.82) is 0 Å². The van der Waals surface area contributed by atoms with Crippen molar-refractivity contribution in [2.75, 3.05) is 32.8 Å². The maximum absolute atomic E-state index is 12.2. The SMILES string of the molecule is NC(=NOC(=O)[C@@H](N)Cc1ccccc1)c1ccc(OCCCC2CCN(CCCOc3ccc(C(N)=NOC(=O)[C@@H](N)Cc4ccccc4)cc3)CC2)cc1. The van der Waals surface area contributed by atoms with E-state index in [-0.39, 0.29) is 11.7 Å². The molecule has 0 aromatic heterocycles. The number of ether oxygens (including phenoxy) is 2. The molecule has 5 rings (SSSR count). The van der Waals surface area contributed by atoms with Crippen LogP contribution in [0.3, 0.4) is 0 Å². The van der Waals surface area contributed by atoms with E-state index in [1.807, 2.05) is 84.9 Å². The molecule has 296 valence electrons. The maximum atomic E-state index is 12.2. The zero-order valence-electron chi connectivity index (χ0n) is 31.7. The van der Waals surface area contributed by atoms with Gasteiger partial charge in [0.2, 0.25) is 0 Å². The minimum absolute atomic E-state index is 0.0793. The Bertz CT molecular complexity index is 1710. The molecule has 13 heteroatoms. The third kappa shape index (κ3) is 13.8. The first-order chi connectivity index (χ1) is 27.2. The number of carbonyl (C=O) groups is 2. The highest BCUT2D eigenvalue weighted by molar-refractivity contribution is 5.98. The molecule has 8 N–H and O–H groups in total. The quantitative estimate of drug-likeness (QED) is 0.0325. The van der Waals surface area contributed by atoms with E-state index < -0.39 is 24.0 Å². The summed E-state index contributed by atoms with van der Waals surface area (Å²) in [7, 11) is 0. The minimum Gasteiger partial charge on any atom is -0.494 e.